The van der Waals surface area contributed by atoms with Gasteiger partial charge in [0.15, 0.2) is 5.78 Å². The molecule has 0 aromatic carbocycles. The lowest BCUT2D eigenvalue weighted by molar-refractivity contribution is -0.135. The fourth-order valence-corrected chi connectivity index (χ4v) is 8.96. The SMILES string of the molecule is CS/C(=C/NCC(=O)[C@H]1CCC2C3CCC4CC(C)CCC4(C)C3CC[C@@]21C)CN. The van der Waals surface area contributed by atoms with Crippen molar-refractivity contribution in [3.63, 3.8) is 0 Å². The van der Waals surface area contributed by atoms with Gasteiger partial charge >= 0.3 is 0 Å². The van der Waals surface area contributed by atoms with Gasteiger partial charge in [-0.15, -0.1) is 11.8 Å². The fourth-order valence-electron chi connectivity index (χ4n) is 8.59. The Hall–Kier alpha value is -0.480. The van der Waals surface area contributed by atoms with Gasteiger partial charge in [-0.05, 0) is 98.0 Å². The Bertz CT molecular complexity index is 672. The summed E-state index contributed by atoms with van der Waals surface area (Å²) in [5, 5.41) is 3.27. The van der Waals surface area contributed by atoms with Gasteiger partial charge in [0.25, 0.3) is 0 Å². The van der Waals surface area contributed by atoms with E-state index in [1.165, 1.54) is 51.4 Å². The molecule has 0 amide bonds. The molecular formula is C26H44N2OS. The number of carbonyl (C=O) groups is 1. The van der Waals surface area contributed by atoms with Crippen LogP contribution in [0.3, 0.4) is 0 Å². The van der Waals surface area contributed by atoms with E-state index in [0.29, 0.717) is 24.3 Å². The van der Waals surface area contributed by atoms with Crippen LogP contribution in [0.15, 0.2) is 11.1 Å². The highest BCUT2D eigenvalue weighted by Crippen LogP contribution is 2.67. The van der Waals surface area contributed by atoms with E-state index < -0.39 is 0 Å². The summed E-state index contributed by atoms with van der Waals surface area (Å²) in [5.74, 6) is 5.10. The van der Waals surface area contributed by atoms with Crippen LogP contribution in [-0.4, -0.2) is 25.1 Å². The molecule has 0 aliphatic heterocycles. The van der Waals surface area contributed by atoms with Gasteiger partial charge < -0.3 is 11.1 Å². The molecule has 0 saturated heterocycles. The second-order valence-corrected chi connectivity index (χ2v) is 12.5. The lowest BCUT2D eigenvalue weighted by Crippen LogP contribution is -2.54. The Morgan fingerprint density at radius 3 is 2.53 bits per heavy atom. The summed E-state index contributed by atoms with van der Waals surface area (Å²) < 4.78 is 0. The smallest absolute Gasteiger partial charge is 0.155 e. The van der Waals surface area contributed by atoms with Crippen LogP contribution in [0.2, 0.25) is 0 Å². The Labute approximate surface area is 188 Å². The Morgan fingerprint density at radius 1 is 1.07 bits per heavy atom. The molecule has 3 N–H and O–H groups in total. The molecular weight excluding hydrogens is 388 g/mol. The maximum atomic E-state index is 13.2. The predicted octanol–water partition coefficient (Wildman–Crippen LogP) is 5.60. The van der Waals surface area contributed by atoms with Crippen LogP contribution in [0.25, 0.3) is 0 Å². The van der Waals surface area contributed by atoms with Crippen molar-refractivity contribution in [1.29, 1.82) is 0 Å². The standard InChI is InChI=1S/C26H44N2OS/c1-17-9-11-25(2)18(13-17)5-6-20-21-7-8-23(26(21,3)12-10-22(20)25)24(29)16-28-15-19(14-27)30-4/h15,17-18,20-23,28H,5-14,16,27H2,1-4H3/b19-15+/t17?,18?,20?,21?,22?,23-,25?,26+/m1/s1. The van der Waals surface area contributed by atoms with Gasteiger partial charge in [-0.1, -0.05) is 27.2 Å². The Kier molecular flexibility index (Phi) is 6.67. The van der Waals surface area contributed by atoms with Crippen molar-refractivity contribution >= 4 is 17.5 Å². The molecule has 0 radical (unpaired) electrons. The molecule has 4 fully saturated rings. The minimum absolute atomic E-state index is 0.227. The molecule has 170 valence electrons. The minimum Gasteiger partial charge on any atom is -0.383 e. The highest BCUT2D eigenvalue weighted by molar-refractivity contribution is 8.02. The van der Waals surface area contributed by atoms with E-state index >= 15 is 0 Å². The predicted molar refractivity (Wildman–Crippen MR) is 128 cm³/mol. The van der Waals surface area contributed by atoms with Gasteiger partial charge in [0.1, 0.15) is 0 Å². The molecule has 3 nitrogen and oxygen atoms in total. The van der Waals surface area contributed by atoms with Crippen molar-refractivity contribution in [3.8, 4) is 0 Å². The summed E-state index contributed by atoms with van der Waals surface area (Å²) in [5.41, 5.74) is 6.54. The lowest BCUT2D eigenvalue weighted by Gasteiger charge is -2.61. The molecule has 4 heteroatoms. The molecule has 4 aliphatic carbocycles. The van der Waals surface area contributed by atoms with Crippen LogP contribution in [-0.2, 0) is 4.79 Å². The average molecular weight is 433 g/mol. The maximum absolute atomic E-state index is 13.2. The summed E-state index contributed by atoms with van der Waals surface area (Å²) in [7, 11) is 0. The van der Waals surface area contributed by atoms with E-state index in [2.05, 4.69) is 26.1 Å². The monoisotopic (exact) mass is 432 g/mol. The number of nitrogens with one attached hydrogen (secondary N) is 1. The van der Waals surface area contributed by atoms with E-state index in [1.54, 1.807) is 11.8 Å². The molecule has 4 saturated carbocycles. The van der Waals surface area contributed by atoms with Gasteiger partial charge in [0, 0.05) is 23.6 Å². The van der Waals surface area contributed by atoms with Crippen LogP contribution in [0.1, 0.15) is 78.6 Å². The van der Waals surface area contributed by atoms with Crippen molar-refractivity contribution in [2.45, 2.75) is 78.6 Å². The topological polar surface area (TPSA) is 55.1 Å². The van der Waals surface area contributed by atoms with Gasteiger partial charge in [-0.2, -0.15) is 0 Å². The van der Waals surface area contributed by atoms with Crippen molar-refractivity contribution in [3.05, 3.63) is 11.1 Å². The molecule has 0 heterocycles. The largest absolute Gasteiger partial charge is 0.383 e. The number of ketones is 1. The van der Waals surface area contributed by atoms with E-state index in [4.69, 9.17) is 5.73 Å². The molecule has 4 aliphatic rings. The highest BCUT2D eigenvalue weighted by Gasteiger charge is 2.60. The number of Topliss-reactive ketones (excluding diaryl/α,β-unsaturated/α-hetero) is 1. The summed E-state index contributed by atoms with van der Waals surface area (Å²) in [6.07, 6.45) is 16.2. The van der Waals surface area contributed by atoms with E-state index in [-0.39, 0.29) is 11.3 Å². The van der Waals surface area contributed by atoms with Gasteiger partial charge in [0.05, 0.1) is 6.54 Å². The molecule has 0 spiro atoms. The first-order valence-corrected chi connectivity index (χ1v) is 13.7. The Balaban J connectivity index is 1.45. The summed E-state index contributed by atoms with van der Waals surface area (Å²) in [6, 6.07) is 0. The third-order valence-corrected chi connectivity index (χ3v) is 11.1. The third kappa shape index (κ3) is 3.78. The zero-order chi connectivity index (χ0) is 21.5. The Morgan fingerprint density at radius 2 is 1.80 bits per heavy atom. The summed E-state index contributed by atoms with van der Waals surface area (Å²) in [6.45, 7) is 8.59. The molecule has 8 atom stereocenters. The number of nitrogens with two attached hydrogens (primary N) is 1. The normalized spacial score (nSPS) is 46.0. The van der Waals surface area contributed by atoms with Crippen LogP contribution >= 0.6 is 11.8 Å². The van der Waals surface area contributed by atoms with E-state index in [0.717, 1.165) is 40.9 Å². The van der Waals surface area contributed by atoms with Crippen LogP contribution in [0.4, 0.5) is 0 Å². The van der Waals surface area contributed by atoms with Crippen molar-refractivity contribution in [2.24, 2.45) is 52.1 Å². The molecule has 0 aromatic rings. The zero-order valence-corrected chi connectivity index (χ0v) is 20.5. The first kappa shape index (κ1) is 22.7. The fraction of sp³-hybridized carbons (Fsp3) is 0.885. The van der Waals surface area contributed by atoms with Crippen molar-refractivity contribution in [2.75, 3.05) is 19.3 Å². The second kappa shape index (κ2) is 8.81. The van der Waals surface area contributed by atoms with E-state index in [1.807, 2.05) is 12.5 Å². The first-order chi connectivity index (χ1) is 14.3. The average Bonchev–Trinajstić information content (AvgIpc) is 3.09. The first-order valence-electron chi connectivity index (χ1n) is 12.5. The molecule has 0 aromatic heterocycles. The number of hydrogen-bond acceptors (Lipinski definition) is 4. The van der Waals surface area contributed by atoms with Gasteiger partial charge in [0.2, 0.25) is 0 Å². The number of rotatable bonds is 6. The third-order valence-electron chi connectivity index (χ3n) is 10.3. The van der Waals surface area contributed by atoms with Crippen LogP contribution < -0.4 is 11.1 Å². The molecule has 4 rings (SSSR count). The van der Waals surface area contributed by atoms with Crippen LogP contribution in [0.5, 0.6) is 0 Å². The number of hydrogen-bond donors (Lipinski definition) is 2. The second-order valence-electron chi connectivity index (χ2n) is 11.6. The molecule has 30 heavy (non-hydrogen) atoms. The van der Waals surface area contributed by atoms with Gasteiger partial charge in [-0.3, -0.25) is 4.79 Å². The molecule has 6 unspecified atom stereocenters. The quantitative estimate of drug-likeness (QED) is 0.573. The molecule has 0 bridgehead atoms. The van der Waals surface area contributed by atoms with Crippen molar-refractivity contribution < 1.29 is 4.79 Å². The summed E-state index contributed by atoms with van der Waals surface area (Å²) >= 11 is 1.65. The van der Waals surface area contributed by atoms with Gasteiger partial charge in [-0.25, -0.2) is 0 Å². The zero-order valence-electron chi connectivity index (χ0n) is 19.7. The number of carbonyl (C=O) groups excluding carboxylic acids is 1. The lowest BCUT2D eigenvalue weighted by atomic mass is 9.44. The number of fused-ring (bicyclic) bond motifs is 5. The van der Waals surface area contributed by atoms with E-state index in [9.17, 15) is 4.79 Å². The minimum atomic E-state index is 0.227. The van der Waals surface area contributed by atoms with Crippen LogP contribution in [0, 0.1) is 46.3 Å². The summed E-state index contributed by atoms with van der Waals surface area (Å²) in [4.78, 5) is 14.3. The highest BCUT2D eigenvalue weighted by atomic mass is 32.2. The van der Waals surface area contributed by atoms with Crippen molar-refractivity contribution in [1.82, 2.24) is 5.32 Å². The maximum Gasteiger partial charge on any atom is 0.155 e. The number of thioether (sulfide) groups is 1.